The van der Waals surface area contributed by atoms with Crippen molar-refractivity contribution in [3.05, 3.63) is 83.5 Å². The van der Waals surface area contributed by atoms with Crippen molar-refractivity contribution in [3.8, 4) is 0 Å². The first-order chi connectivity index (χ1) is 30.8. The first-order valence-electron chi connectivity index (χ1n) is 18.4. The fraction of sp³-hybridized carbons (Fsp3) is 0.963. The Morgan fingerprint density at radius 1 is 0.585 bits per heavy atom. The molecule has 4 aliphatic rings. The number of hydrogen-bond donors (Lipinski definition) is 4. The van der Waals surface area contributed by atoms with E-state index in [0.717, 1.165) is 13.8 Å². The summed E-state index contributed by atoms with van der Waals surface area (Å²) in [6.45, 7) is 0.898. The molecule has 38 heteroatoms. The molecule has 4 rings (SSSR count). The second-order valence-electron chi connectivity index (χ2n) is 14.1. The predicted molar refractivity (Wildman–Crippen MR) is 201 cm³/mol. The number of carbonyl (C=O) groups is 1. The normalized spacial score (nSPS) is 37.7. The van der Waals surface area contributed by atoms with Crippen molar-refractivity contribution in [1.82, 2.24) is 0 Å². The Morgan fingerprint density at radius 3 is 1.45 bits per heavy atom. The molecule has 0 aromatic rings. The monoisotopic (exact) mass is 932 g/mol. The van der Waals surface area contributed by atoms with E-state index >= 15 is 8.78 Å². The second kappa shape index (κ2) is 23.9. The number of hydrogen-bond acceptors (Lipinski definition) is 18. The Hall–Kier alpha value is -6.65. The lowest BCUT2D eigenvalue weighted by Gasteiger charge is -2.47. The van der Waals surface area contributed by atoms with E-state index in [0.29, 0.717) is 0 Å². The standard InChI is InChI=1S/C15H20F2N12O5.C12H16F2N12O5/c1-5-9(4-22-26-18)33-14(13(25-29-21)15(5,16)17)34-12-8(24-28-20)3-7(23-27-19)11(10(12)31)32-6(2)30;13-12(14)9(22-26-18)11(30-5(10(12)29)2-19-23-15)31-8-4(21-25-17)1-3(20-24-16)6(27)7(8)28/h5,7-14,31H,3-4H2,1-2H3;3-11,27-29H,1-2H2/t5-,7-,8+,9-,10-,11+,12-,13+,14-;3-,4+,5-,6+,7-,8-,9+,10-,11-/m11/s1. The highest BCUT2D eigenvalue weighted by Gasteiger charge is 2.61. The fourth-order valence-electron chi connectivity index (χ4n) is 7.19. The van der Waals surface area contributed by atoms with E-state index in [1.54, 1.807) is 0 Å². The van der Waals surface area contributed by atoms with Crippen LogP contribution in [0.2, 0.25) is 0 Å². The molecule has 0 radical (unpaired) electrons. The number of nitrogens with zero attached hydrogens (tertiary/aromatic N) is 24. The third-order valence-electron chi connectivity index (χ3n) is 10.4. The van der Waals surface area contributed by atoms with Crippen LogP contribution in [0.5, 0.6) is 0 Å². The van der Waals surface area contributed by atoms with E-state index in [4.69, 9.17) is 67.9 Å². The van der Waals surface area contributed by atoms with Crippen LogP contribution in [-0.4, -0.2) is 155 Å². The molecule has 0 aromatic carbocycles. The zero-order valence-electron chi connectivity index (χ0n) is 33.2. The molecule has 4 N–H and O–H groups in total. The van der Waals surface area contributed by atoms with Gasteiger partial charge in [0, 0.05) is 52.1 Å². The number of aliphatic hydroxyl groups excluding tert-OH is 4. The molecular weight excluding hydrogens is 896 g/mol. The van der Waals surface area contributed by atoms with Gasteiger partial charge in [0.25, 0.3) is 11.8 Å². The van der Waals surface area contributed by atoms with Gasteiger partial charge in [0.05, 0.1) is 67.8 Å². The Labute approximate surface area is 358 Å². The Balaban J connectivity index is 0.000000347. The van der Waals surface area contributed by atoms with Crippen molar-refractivity contribution in [3.63, 3.8) is 0 Å². The molecule has 0 aromatic heterocycles. The van der Waals surface area contributed by atoms with E-state index < -0.39 is 141 Å². The van der Waals surface area contributed by atoms with Crippen LogP contribution in [0.4, 0.5) is 17.6 Å². The van der Waals surface area contributed by atoms with Gasteiger partial charge in [-0.3, -0.25) is 4.79 Å². The smallest absolute Gasteiger partial charge is 0.303 e. The summed E-state index contributed by atoms with van der Waals surface area (Å²) >= 11 is 0. The Morgan fingerprint density at radius 2 is 0.985 bits per heavy atom. The van der Waals surface area contributed by atoms with Gasteiger partial charge in [-0.25, -0.2) is 17.6 Å². The minimum Gasteiger partial charge on any atom is -0.459 e. The van der Waals surface area contributed by atoms with Gasteiger partial charge in [-0.2, -0.15) is 0 Å². The molecule has 2 saturated carbocycles. The van der Waals surface area contributed by atoms with Gasteiger partial charge in [0.1, 0.15) is 24.4 Å². The van der Waals surface area contributed by atoms with E-state index in [9.17, 15) is 34.0 Å². The quantitative estimate of drug-likeness (QED) is 0.0561. The maximum Gasteiger partial charge on any atom is 0.303 e. The molecule has 2 heterocycles. The summed E-state index contributed by atoms with van der Waals surface area (Å²) < 4.78 is 86.1. The Bertz CT molecular complexity index is 2100. The first kappa shape index (κ1) is 52.7. The maximum absolute atomic E-state index is 15.1. The highest BCUT2D eigenvalue weighted by Crippen LogP contribution is 2.44. The molecule has 2 saturated heterocycles. The molecule has 2 aliphatic heterocycles. The average Bonchev–Trinajstić information content (AvgIpc) is 3.25. The molecule has 0 unspecified atom stereocenters. The molecule has 65 heavy (non-hydrogen) atoms. The number of halogens is 4. The summed E-state index contributed by atoms with van der Waals surface area (Å²) in [5.41, 5.74) is 69.4. The van der Waals surface area contributed by atoms with E-state index in [2.05, 4.69) is 80.2 Å². The summed E-state index contributed by atoms with van der Waals surface area (Å²) in [6.07, 6.45) is -20.5. The SMILES string of the molecule is CC(=O)O[C@@H]1[C@@H](O)[C@H](O[C@H]2O[C@H](CN=[N+]=[N-])[C@@H](C)C(F)(F)[C@H]2N=[N+]=[N-])[C@@H](N=[N+]=[N-])C[C@H]1N=[N+]=[N-].[N-]=[N+]=NC[C@H]1O[C@H](O[C@H]2[C@H](O)[C@@H](O)[C@H](N=[N+]=[N-])C[C@@H]2N=[N+]=[N-])[C@H](N=[N+]=[N-])C(F)(F)[C@@H]1O. The van der Waals surface area contributed by atoms with Crippen LogP contribution in [0.1, 0.15) is 26.7 Å². The summed E-state index contributed by atoms with van der Waals surface area (Å²) in [6, 6.07) is -9.60. The highest BCUT2D eigenvalue weighted by atomic mass is 19.3. The summed E-state index contributed by atoms with van der Waals surface area (Å²) in [7, 11) is 0. The molecule has 4 fully saturated rings. The number of carbonyl (C=O) groups excluding carboxylic acids is 1. The van der Waals surface area contributed by atoms with Crippen LogP contribution >= 0.6 is 0 Å². The van der Waals surface area contributed by atoms with Crippen LogP contribution in [0.15, 0.2) is 40.9 Å². The largest absolute Gasteiger partial charge is 0.459 e. The first-order valence-corrected chi connectivity index (χ1v) is 18.4. The molecule has 0 spiro atoms. The summed E-state index contributed by atoms with van der Waals surface area (Å²) in [5, 5.41) is 67.1. The number of esters is 1. The van der Waals surface area contributed by atoms with Crippen molar-refractivity contribution in [2.45, 2.75) is 142 Å². The molecule has 352 valence electrons. The van der Waals surface area contributed by atoms with Gasteiger partial charge in [0.2, 0.25) is 0 Å². The molecule has 2 aliphatic carbocycles. The molecule has 18 atom stereocenters. The Kier molecular flexibility index (Phi) is 19.3. The third kappa shape index (κ3) is 12.3. The fourth-order valence-corrected chi connectivity index (χ4v) is 7.19. The van der Waals surface area contributed by atoms with E-state index in [-0.39, 0.29) is 12.8 Å². The number of azide groups is 8. The van der Waals surface area contributed by atoms with Crippen molar-refractivity contribution in [2.24, 2.45) is 46.8 Å². The zero-order chi connectivity index (χ0) is 48.6. The van der Waals surface area contributed by atoms with Gasteiger partial charge in [0.15, 0.2) is 24.7 Å². The van der Waals surface area contributed by atoms with Crippen molar-refractivity contribution >= 4 is 5.97 Å². The van der Waals surface area contributed by atoms with E-state index in [1.807, 2.05) is 0 Å². The topological polar surface area (TPSA) is 534 Å². The van der Waals surface area contributed by atoms with Gasteiger partial charge < -0.3 is 44.1 Å². The number of aliphatic hydroxyl groups is 4. The van der Waals surface area contributed by atoms with Crippen LogP contribution < -0.4 is 0 Å². The van der Waals surface area contributed by atoms with Gasteiger partial charge in [-0.15, -0.1) is 0 Å². The maximum atomic E-state index is 15.1. The lowest BCUT2D eigenvalue weighted by atomic mass is 9.83. The predicted octanol–water partition coefficient (Wildman–Crippen LogP) is 4.98. The summed E-state index contributed by atoms with van der Waals surface area (Å²) in [5.74, 6) is -10.2. The number of ether oxygens (including phenoxy) is 5. The van der Waals surface area contributed by atoms with Gasteiger partial charge >= 0.3 is 5.97 Å². The van der Waals surface area contributed by atoms with Crippen molar-refractivity contribution in [2.75, 3.05) is 13.1 Å². The molecule has 0 bridgehead atoms. The second-order valence-corrected chi connectivity index (χ2v) is 14.1. The van der Waals surface area contributed by atoms with Crippen molar-refractivity contribution < 1.29 is 66.5 Å². The van der Waals surface area contributed by atoms with Crippen LogP contribution in [0.25, 0.3) is 83.5 Å². The van der Waals surface area contributed by atoms with Crippen molar-refractivity contribution in [1.29, 1.82) is 0 Å². The highest BCUT2D eigenvalue weighted by molar-refractivity contribution is 5.66. The lowest BCUT2D eigenvalue weighted by Crippen LogP contribution is -2.65. The molecule has 0 amide bonds. The van der Waals surface area contributed by atoms with Gasteiger partial charge in [-0.05, 0) is 57.1 Å². The van der Waals surface area contributed by atoms with Crippen LogP contribution in [-0.2, 0) is 28.5 Å². The summed E-state index contributed by atoms with van der Waals surface area (Å²) in [4.78, 5) is 31.4. The minimum atomic E-state index is -4.11. The third-order valence-corrected chi connectivity index (χ3v) is 10.4. The number of rotatable bonds is 15. The molecule has 34 nitrogen and oxygen atoms in total. The zero-order valence-corrected chi connectivity index (χ0v) is 33.2. The number of alkyl halides is 4. The average molecular weight is 933 g/mol. The van der Waals surface area contributed by atoms with E-state index in [1.165, 1.54) is 0 Å². The van der Waals surface area contributed by atoms with Crippen LogP contribution in [0, 0.1) is 5.92 Å². The molecular formula is C27H36F4N24O10. The van der Waals surface area contributed by atoms with Crippen LogP contribution in [0.3, 0.4) is 0 Å². The lowest BCUT2D eigenvalue weighted by molar-refractivity contribution is -0.321. The van der Waals surface area contributed by atoms with Gasteiger partial charge in [-0.1, -0.05) is 47.8 Å². The minimum absolute atomic E-state index is 0.276.